The topological polar surface area (TPSA) is 43.4 Å². The Hall–Kier alpha value is -0.943. The van der Waals surface area contributed by atoms with Gasteiger partial charge in [0.1, 0.15) is 0 Å². The van der Waals surface area contributed by atoms with E-state index in [1.165, 1.54) is 5.56 Å². The molecule has 4 atom stereocenters. The molecule has 0 saturated heterocycles. The van der Waals surface area contributed by atoms with Crippen molar-refractivity contribution in [1.29, 1.82) is 0 Å². The summed E-state index contributed by atoms with van der Waals surface area (Å²) >= 11 is 0. The van der Waals surface area contributed by atoms with Gasteiger partial charge in [0, 0.05) is 18.2 Å². The smallest absolute Gasteiger partial charge is 0.309 e. The SMILES string of the molecule is CCOC(=O)[C@H]1C[C@@H]1C(C[Si](C)(C)C)[S@@](=O)c1ccc(C)cc1. The Morgan fingerprint density at radius 2 is 1.91 bits per heavy atom. The lowest BCUT2D eigenvalue weighted by atomic mass is 10.2. The average molecular weight is 353 g/mol. The number of aryl methyl sites for hydroxylation is 1. The molecule has 0 amide bonds. The van der Waals surface area contributed by atoms with Crippen LogP contribution in [0.4, 0.5) is 0 Å². The summed E-state index contributed by atoms with van der Waals surface area (Å²) in [5, 5.41) is 0.0683. The van der Waals surface area contributed by atoms with Gasteiger partial charge in [0.25, 0.3) is 0 Å². The lowest BCUT2D eigenvalue weighted by molar-refractivity contribution is -0.145. The Bertz CT molecular complexity index is 577. The van der Waals surface area contributed by atoms with Gasteiger partial charge in [-0.3, -0.25) is 9.00 Å². The molecule has 1 aromatic carbocycles. The van der Waals surface area contributed by atoms with Crippen LogP contribution in [-0.2, 0) is 20.3 Å². The maximum Gasteiger partial charge on any atom is 0.309 e. The fourth-order valence-electron chi connectivity index (χ4n) is 2.98. The van der Waals surface area contributed by atoms with Crippen molar-refractivity contribution in [2.45, 2.75) is 56.1 Å². The number of hydrogen-bond acceptors (Lipinski definition) is 3. The van der Waals surface area contributed by atoms with Crippen LogP contribution in [0.5, 0.6) is 0 Å². The van der Waals surface area contributed by atoms with Crippen molar-refractivity contribution in [3.63, 3.8) is 0 Å². The zero-order chi connectivity index (χ0) is 17.2. The highest BCUT2D eigenvalue weighted by molar-refractivity contribution is 7.85. The molecule has 0 aromatic heterocycles. The third kappa shape index (κ3) is 5.01. The van der Waals surface area contributed by atoms with E-state index in [1.807, 2.05) is 38.1 Å². The van der Waals surface area contributed by atoms with Gasteiger partial charge in [0.2, 0.25) is 0 Å². The number of benzene rings is 1. The Kier molecular flexibility index (Phi) is 5.84. The summed E-state index contributed by atoms with van der Waals surface area (Å²) in [6.45, 7) is 11.2. The molecule has 0 heterocycles. The van der Waals surface area contributed by atoms with Crippen molar-refractivity contribution < 1.29 is 13.7 Å². The summed E-state index contributed by atoms with van der Waals surface area (Å²) < 4.78 is 18.3. The van der Waals surface area contributed by atoms with Crippen LogP contribution in [0.25, 0.3) is 0 Å². The molecule has 2 rings (SSSR count). The predicted octanol–water partition coefficient (Wildman–Crippen LogP) is 4.01. The molecule has 0 aliphatic heterocycles. The summed E-state index contributed by atoms with van der Waals surface area (Å²) in [6.07, 6.45) is 0.825. The summed E-state index contributed by atoms with van der Waals surface area (Å²) in [5.74, 6) is 0.0487. The highest BCUT2D eigenvalue weighted by Crippen LogP contribution is 2.47. The van der Waals surface area contributed by atoms with Crippen LogP contribution in [0.1, 0.15) is 18.9 Å². The number of esters is 1. The molecule has 1 saturated carbocycles. The molecular weight excluding hydrogens is 324 g/mol. The summed E-state index contributed by atoms with van der Waals surface area (Å²) in [6, 6.07) is 8.92. The monoisotopic (exact) mass is 352 g/mol. The Labute approximate surface area is 143 Å². The molecule has 23 heavy (non-hydrogen) atoms. The van der Waals surface area contributed by atoms with Crippen molar-refractivity contribution in [1.82, 2.24) is 0 Å². The van der Waals surface area contributed by atoms with Crippen LogP contribution in [0.2, 0.25) is 25.7 Å². The highest BCUT2D eigenvalue weighted by Gasteiger charge is 2.51. The minimum absolute atomic E-state index is 0.0503. The van der Waals surface area contributed by atoms with Gasteiger partial charge in [-0.1, -0.05) is 37.3 Å². The lowest BCUT2D eigenvalue weighted by Gasteiger charge is -2.24. The van der Waals surface area contributed by atoms with E-state index in [-0.39, 0.29) is 23.1 Å². The molecule has 1 aliphatic carbocycles. The van der Waals surface area contributed by atoms with Crippen LogP contribution >= 0.6 is 0 Å². The standard InChI is InChI=1S/C18H28O3SSi/c1-6-21-18(19)16-11-15(16)17(12-23(3,4)5)22(20)14-9-7-13(2)8-10-14/h7-10,15-17H,6,11-12H2,1-5H3/t15-,16-,17?,22-/m0/s1. The third-order valence-electron chi connectivity index (χ3n) is 4.25. The predicted molar refractivity (Wildman–Crippen MR) is 97.8 cm³/mol. The highest BCUT2D eigenvalue weighted by atomic mass is 32.2. The molecule has 0 bridgehead atoms. The summed E-state index contributed by atoms with van der Waals surface area (Å²) in [4.78, 5) is 12.9. The Morgan fingerprint density at radius 3 is 2.43 bits per heavy atom. The largest absolute Gasteiger partial charge is 0.466 e. The van der Waals surface area contributed by atoms with Gasteiger partial charge in [0.05, 0.1) is 23.3 Å². The molecule has 1 aromatic rings. The fraction of sp³-hybridized carbons (Fsp3) is 0.611. The molecule has 0 radical (unpaired) electrons. The minimum Gasteiger partial charge on any atom is -0.466 e. The van der Waals surface area contributed by atoms with E-state index in [2.05, 4.69) is 19.6 Å². The van der Waals surface area contributed by atoms with Crippen molar-refractivity contribution in [3.05, 3.63) is 29.8 Å². The van der Waals surface area contributed by atoms with Crippen LogP contribution in [0.15, 0.2) is 29.2 Å². The molecule has 3 nitrogen and oxygen atoms in total. The zero-order valence-electron chi connectivity index (χ0n) is 14.8. The van der Waals surface area contributed by atoms with Crippen LogP contribution in [-0.4, -0.2) is 30.1 Å². The second-order valence-electron chi connectivity index (χ2n) is 7.67. The molecule has 5 heteroatoms. The molecule has 0 N–H and O–H groups in total. The molecule has 1 unspecified atom stereocenters. The Balaban J connectivity index is 2.17. The summed E-state index contributed by atoms with van der Waals surface area (Å²) in [7, 11) is -2.44. The number of hydrogen-bond donors (Lipinski definition) is 0. The zero-order valence-corrected chi connectivity index (χ0v) is 16.6. The van der Waals surface area contributed by atoms with E-state index >= 15 is 0 Å². The van der Waals surface area contributed by atoms with Crippen molar-refractivity contribution in [2.75, 3.05) is 6.61 Å². The van der Waals surface area contributed by atoms with Crippen molar-refractivity contribution in [2.24, 2.45) is 11.8 Å². The van der Waals surface area contributed by atoms with E-state index < -0.39 is 18.9 Å². The normalized spacial score (nSPS) is 23.2. The van der Waals surface area contributed by atoms with Gasteiger partial charge in [-0.25, -0.2) is 0 Å². The number of ether oxygens (including phenoxy) is 1. The van der Waals surface area contributed by atoms with Crippen molar-refractivity contribution in [3.8, 4) is 0 Å². The molecule has 1 fully saturated rings. The fourth-order valence-corrected chi connectivity index (χ4v) is 7.97. The molecular formula is C18H28O3SSi. The van der Waals surface area contributed by atoms with Gasteiger partial charge >= 0.3 is 5.97 Å². The molecule has 0 spiro atoms. The first-order valence-corrected chi connectivity index (χ1v) is 13.3. The van der Waals surface area contributed by atoms with Gasteiger partial charge in [-0.2, -0.15) is 0 Å². The lowest BCUT2D eigenvalue weighted by Crippen LogP contribution is -2.32. The first-order valence-electron chi connectivity index (χ1n) is 8.37. The van der Waals surface area contributed by atoms with Gasteiger partial charge in [-0.05, 0) is 44.4 Å². The maximum atomic E-state index is 13.1. The number of carbonyl (C=O) groups excluding carboxylic acids is 1. The van der Waals surface area contributed by atoms with E-state index in [0.717, 1.165) is 17.4 Å². The van der Waals surface area contributed by atoms with E-state index in [9.17, 15) is 9.00 Å². The van der Waals surface area contributed by atoms with E-state index in [1.54, 1.807) is 0 Å². The maximum absolute atomic E-state index is 13.1. The van der Waals surface area contributed by atoms with Gasteiger partial charge in [-0.15, -0.1) is 0 Å². The second-order valence-corrected chi connectivity index (χ2v) is 14.9. The molecule has 1 aliphatic rings. The van der Waals surface area contributed by atoms with Gasteiger partial charge < -0.3 is 4.74 Å². The number of carbonyl (C=O) groups is 1. The van der Waals surface area contributed by atoms with E-state index in [0.29, 0.717) is 6.61 Å². The quantitative estimate of drug-likeness (QED) is 0.550. The first-order chi connectivity index (χ1) is 10.7. The number of rotatable bonds is 7. The average Bonchev–Trinajstić information content (AvgIpc) is 3.24. The summed E-state index contributed by atoms with van der Waals surface area (Å²) in [5.41, 5.74) is 1.17. The van der Waals surface area contributed by atoms with Crippen LogP contribution < -0.4 is 0 Å². The van der Waals surface area contributed by atoms with E-state index in [4.69, 9.17) is 4.74 Å². The van der Waals surface area contributed by atoms with Crippen LogP contribution in [0, 0.1) is 18.8 Å². The van der Waals surface area contributed by atoms with Crippen molar-refractivity contribution >= 4 is 24.8 Å². The molecule has 128 valence electrons. The second kappa shape index (κ2) is 7.30. The van der Waals surface area contributed by atoms with Gasteiger partial charge in [0.15, 0.2) is 0 Å². The third-order valence-corrected chi connectivity index (χ3v) is 8.01. The minimum atomic E-state index is -1.38. The Morgan fingerprint density at radius 1 is 1.30 bits per heavy atom. The first kappa shape index (κ1) is 18.4. The van der Waals surface area contributed by atoms with Crippen LogP contribution in [0.3, 0.4) is 0 Å².